The Bertz CT molecular complexity index is 1120. The van der Waals surface area contributed by atoms with Crippen molar-refractivity contribution in [3.05, 3.63) is 40.8 Å². The molecule has 0 spiro atoms. The molecule has 0 aliphatic carbocycles. The second kappa shape index (κ2) is 9.06. The van der Waals surface area contributed by atoms with Crippen molar-refractivity contribution < 1.29 is 14.1 Å². The van der Waals surface area contributed by atoms with Crippen LogP contribution in [0.25, 0.3) is 23.0 Å². The summed E-state index contributed by atoms with van der Waals surface area (Å²) in [6.07, 6.45) is 2.24. The Kier molecular flexibility index (Phi) is 6.21. The van der Waals surface area contributed by atoms with Gasteiger partial charge in [-0.3, -0.25) is 9.78 Å². The Morgan fingerprint density at radius 1 is 1.16 bits per heavy atom. The van der Waals surface area contributed by atoms with E-state index in [9.17, 15) is 4.79 Å². The molecule has 1 atom stereocenters. The van der Waals surface area contributed by atoms with Crippen LogP contribution in [0.15, 0.2) is 22.7 Å². The minimum Gasteiger partial charge on any atom is -0.489 e. The number of nitrogens with zero attached hydrogens (tertiary/aromatic N) is 4. The van der Waals surface area contributed by atoms with Crippen LogP contribution in [0.4, 0.5) is 0 Å². The third-order valence-electron chi connectivity index (χ3n) is 5.37. The van der Waals surface area contributed by atoms with Gasteiger partial charge in [0.05, 0.1) is 11.7 Å². The molecule has 4 rings (SSSR count). The fourth-order valence-electron chi connectivity index (χ4n) is 3.97. The van der Waals surface area contributed by atoms with E-state index in [-0.39, 0.29) is 11.9 Å². The first kappa shape index (κ1) is 21.9. The normalized spacial score (nSPS) is 15.9. The third kappa shape index (κ3) is 4.95. The lowest BCUT2D eigenvalue weighted by molar-refractivity contribution is -0.119. The highest BCUT2D eigenvalue weighted by molar-refractivity contribution is 5.78. The summed E-state index contributed by atoms with van der Waals surface area (Å²) in [4.78, 5) is 25.2. The van der Waals surface area contributed by atoms with Crippen molar-refractivity contribution in [1.82, 2.24) is 25.4 Å². The van der Waals surface area contributed by atoms with Crippen molar-refractivity contribution in [2.75, 3.05) is 6.61 Å². The molecule has 1 aliphatic rings. The van der Waals surface area contributed by atoms with Crippen LogP contribution in [0.5, 0.6) is 5.75 Å². The average molecular weight is 436 g/mol. The number of pyridine rings is 2. The maximum absolute atomic E-state index is 11.4. The van der Waals surface area contributed by atoms with Crippen LogP contribution in [0.3, 0.4) is 0 Å². The van der Waals surface area contributed by atoms with Crippen LogP contribution < -0.4 is 10.1 Å². The molecule has 0 saturated carbocycles. The smallest absolute Gasteiger partial charge is 0.258 e. The van der Waals surface area contributed by atoms with Gasteiger partial charge in [0.25, 0.3) is 5.89 Å². The number of hydrogen-bond donors (Lipinski definition) is 1. The van der Waals surface area contributed by atoms with Gasteiger partial charge in [0.1, 0.15) is 18.1 Å². The fourth-order valence-corrected chi connectivity index (χ4v) is 3.97. The van der Waals surface area contributed by atoms with Crippen LogP contribution in [-0.2, 0) is 11.2 Å². The molecule has 8 nitrogen and oxygen atoms in total. The SMILES string of the molecule is Cc1cc(-c2nc(-c3cc(C)c(OC[C@@H]4CCC(=O)N4)c(C)n3)no2)cc(CC(C)C)n1. The highest BCUT2D eigenvalue weighted by Gasteiger charge is 2.22. The second-order valence-electron chi connectivity index (χ2n) is 8.86. The maximum atomic E-state index is 11.4. The van der Waals surface area contributed by atoms with Crippen LogP contribution >= 0.6 is 0 Å². The summed E-state index contributed by atoms with van der Waals surface area (Å²) < 4.78 is 11.5. The van der Waals surface area contributed by atoms with Crippen molar-refractivity contribution in [2.24, 2.45) is 5.92 Å². The van der Waals surface area contributed by atoms with Gasteiger partial charge in [-0.25, -0.2) is 4.98 Å². The summed E-state index contributed by atoms with van der Waals surface area (Å²) in [7, 11) is 0. The predicted octanol–water partition coefficient (Wildman–Crippen LogP) is 3.97. The highest BCUT2D eigenvalue weighted by Crippen LogP contribution is 2.28. The molecule has 1 saturated heterocycles. The molecule has 32 heavy (non-hydrogen) atoms. The molecule has 1 N–H and O–H groups in total. The first-order valence-electron chi connectivity index (χ1n) is 11.0. The van der Waals surface area contributed by atoms with Crippen LogP contribution in [0, 0.1) is 26.7 Å². The lowest BCUT2D eigenvalue weighted by Crippen LogP contribution is -2.31. The minimum atomic E-state index is 0.0464. The zero-order valence-electron chi connectivity index (χ0n) is 19.2. The molecule has 1 amide bonds. The Labute approximate surface area is 187 Å². The summed E-state index contributed by atoms with van der Waals surface area (Å²) in [5, 5.41) is 7.07. The molecular weight excluding hydrogens is 406 g/mol. The minimum absolute atomic E-state index is 0.0464. The number of carbonyl (C=O) groups excluding carboxylic acids is 1. The van der Waals surface area contributed by atoms with Crippen LogP contribution in [-0.4, -0.2) is 38.7 Å². The number of carbonyl (C=O) groups is 1. The molecule has 3 aromatic rings. The van der Waals surface area contributed by atoms with Crippen molar-refractivity contribution in [3.8, 4) is 28.7 Å². The quantitative estimate of drug-likeness (QED) is 0.599. The van der Waals surface area contributed by atoms with Gasteiger partial charge in [0, 0.05) is 23.4 Å². The van der Waals surface area contributed by atoms with E-state index in [2.05, 4.69) is 39.3 Å². The lowest BCUT2D eigenvalue weighted by atomic mass is 10.1. The van der Waals surface area contributed by atoms with Gasteiger partial charge in [-0.05, 0) is 63.3 Å². The van der Waals surface area contributed by atoms with E-state index >= 15 is 0 Å². The molecule has 0 bridgehead atoms. The van der Waals surface area contributed by atoms with E-state index in [1.165, 1.54) is 0 Å². The van der Waals surface area contributed by atoms with E-state index < -0.39 is 0 Å². The van der Waals surface area contributed by atoms with E-state index in [0.717, 1.165) is 46.8 Å². The first-order valence-corrected chi connectivity index (χ1v) is 11.0. The predicted molar refractivity (Wildman–Crippen MR) is 120 cm³/mol. The molecule has 0 radical (unpaired) electrons. The molecule has 8 heteroatoms. The zero-order chi connectivity index (χ0) is 22.8. The average Bonchev–Trinajstić information content (AvgIpc) is 3.35. The lowest BCUT2D eigenvalue weighted by Gasteiger charge is -2.15. The Morgan fingerprint density at radius 2 is 1.97 bits per heavy atom. The van der Waals surface area contributed by atoms with Crippen molar-refractivity contribution in [2.45, 2.75) is 59.9 Å². The van der Waals surface area contributed by atoms with Crippen molar-refractivity contribution in [1.29, 1.82) is 0 Å². The number of amides is 1. The number of aromatic nitrogens is 4. The summed E-state index contributed by atoms with van der Waals surface area (Å²) in [5.74, 6) is 2.19. The molecule has 1 aliphatic heterocycles. The number of aryl methyl sites for hydroxylation is 3. The third-order valence-corrected chi connectivity index (χ3v) is 5.37. The van der Waals surface area contributed by atoms with Gasteiger partial charge >= 0.3 is 0 Å². The summed E-state index contributed by atoms with van der Waals surface area (Å²) in [6.45, 7) is 10.6. The first-order chi connectivity index (χ1) is 15.3. The summed E-state index contributed by atoms with van der Waals surface area (Å²) >= 11 is 0. The molecule has 0 unspecified atom stereocenters. The number of nitrogens with one attached hydrogen (secondary N) is 1. The van der Waals surface area contributed by atoms with E-state index in [1.54, 1.807) is 0 Å². The van der Waals surface area contributed by atoms with Gasteiger partial charge < -0.3 is 14.6 Å². The summed E-state index contributed by atoms with van der Waals surface area (Å²) in [5.41, 5.74) is 5.10. The number of rotatable bonds is 7. The van der Waals surface area contributed by atoms with E-state index in [0.29, 0.717) is 36.4 Å². The molecule has 168 valence electrons. The van der Waals surface area contributed by atoms with Gasteiger partial charge in [-0.1, -0.05) is 19.0 Å². The summed E-state index contributed by atoms with van der Waals surface area (Å²) in [6, 6.07) is 5.90. The number of hydrogen-bond acceptors (Lipinski definition) is 7. The topological polar surface area (TPSA) is 103 Å². The van der Waals surface area contributed by atoms with Gasteiger partial charge in [0.2, 0.25) is 11.7 Å². The molecular formula is C24H29N5O3. The Balaban J connectivity index is 1.54. The van der Waals surface area contributed by atoms with Gasteiger partial charge in [-0.2, -0.15) is 4.98 Å². The zero-order valence-corrected chi connectivity index (χ0v) is 19.2. The van der Waals surface area contributed by atoms with Crippen LogP contribution in [0.2, 0.25) is 0 Å². The molecule has 3 aromatic heterocycles. The largest absolute Gasteiger partial charge is 0.489 e. The van der Waals surface area contributed by atoms with Gasteiger partial charge in [-0.15, -0.1) is 0 Å². The molecule has 4 heterocycles. The monoisotopic (exact) mass is 435 g/mol. The second-order valence-corrected chi connectivity index (χ2v) is 8.86. The van der Waals surface area contributed by atoms with Crippen molar-refractivity contribution in [3.63, 3.8) is 0 Å². The van der Waals surface area contributed by atoms with E-state index in [1.807, 2.05) is 39.0 Å². The maximum Gasteiger partial charge on any atom is 0.258 e. The standard InChI is InChI=1S/C24H29N5O3/c1-13(2)8-19-11-17(10-15(4)25-19)24-28-23(29-32-24)20-9-14(3)22(16(5)26-20)31-12-18-6-7-21(30)27-18/h9-11,13,18H,6-8,12H2,1-5H3,(H,27,30)/t18-/m0/s1. The van der Waals surface area contributed by atoms with Crippen molar-refractivity contribution >= 4 is 5.91 Å². The fraction of sp³-hybridized carbons (Fsp3) is 0.458. The molecule has 0 aromatic carbocycles. The molecule has 1 fully saturated rings. The van der Waals surface area contributed by atoms with E-state index in [4.69, 9.17) is 9.26 Å². The Morgan fingerprint density at radius 3 is 2.66 bits per heavy atom. The number of ether oxygens (including phenoxy) is 1. The van der Waals surface area contributed by atoms with Crippen LogP contribution in [0.1, 0.15) is 49.3 Å². The highest BCUT2D eigenvalue weighted by atomic mass is 16.5. The van der Waals surface area contributed by atoms with Gasteiger partial charge in [0.15, 0.2) is 0 Å². The Hall–Kier alpha value is -3.29.